The van der Waals surface area contributed by atoms with E-state index in [-0.39, 0.29) is 18.1 Å². The van der Waals surface area contributed by atoms with Crippen molar-refractivity contribution in [1.82, 2.24) is 29.6 Å². The summed E-state index contributed by atoms with van der Waals surface area (Å²) in [5.74, 6) is 6.83. The van der Waals surface area contributed by atoms with Gasteiger partial charge in [-0.05, 0) is 68.9 Å². The van der Waals surface area contributed by atoms with Gasteiger partial charge in [-0.25, -0.2) is 14.7 Å². The second-order valence-corrected chi connectivity index (χ2v) is 14.6. The monoisotopic (exact) mass is 687 g/mol. The fraction of sp³-hybridized carbons (Fsp3) is 0.500. The number of hydrogen-bond donors (Lipinski definition) is 1. The number of carbonyl (C=O) groups is 1. The molecule has 6 rings (SSSR count). The third kappa shape index (κ3) is 7.83. The lowest BCUT2D eigenvalue weighted by molar-refractivity contribution is 0.0303. The first kappa shape index (κ1) is 32.7. The van der Waals surface area contributed by atoms with Gasteiger partial charge in [0.15, 0.2) is 5.69 Å². The average molecular weight is 689 g/mol. The van der Waals surface area contributed by atoms with Crippen LogP contribution < -0.4 is 5.43 Å². The summed E-state index contributed by atoms with van der Waals surface area (Å²) in [6, 6.07) is 9.07. The molecule has 0 bridgehead atoms. The molecule has 3 aromatic rings. The van der Waals surface area contributed by atoms with Crippen molar-refractivity contribution in [3.8, 4) is 28.1 Å². The molecule has 0 spiro atoms. The predicted molar refractivity (Wildman–Crippen MR) is 179 cm³/mol. The van der Waals surface area contributed by atoms with Gasteiger partial charge in [0.25, 0.3) is 5.91 Å². The molecule has 240 valence electrons. The van der Waals surface area contributed by atoms with E-state index in [4.69, 9.17) is 28.3 Å². The van der Waals surface area contributed by atoms with Gasteiger partial charge in [0.1, 0.15) is 0 Å². The van der Waals surface area contributed by atoms with Gasteiger partial charge in [-0.2, -0.15) is 9.51 Å². The third-order valence-electron chi connectivity index (χ3n) is 8.66. The Bertz CT molecular complexity index is 1600. The van der Waals surface area contributed by atoms with Gasteiger partial charge in [-0.1, -0.05) is 60.7 Å². The molecular formula is C32H37Cl2N6O3S2-. The Hall–Kier alpha value is -2.27. The van der Waals surface area contributed by atoms with Gasteiger partial charge in [0.2, 0.25) is 0 Å². The van der Waals surface area contributed by atoms with E-state index in [1.807, 2.05) is 22.2 Å². The van der Waals surface area contributed by atoms with Crippen LogP contribution in [0.2, 0.25) is 10.0 Å². The number of thiophene rings is 1. The van der Waals surface area contributed by atoms with E-state index in [0.717, 1.165) is 74.2 Å². The van der Waals surface area contributed by atoms with E-state index in [0.29, 0.717) is 46.0 Å². The smallest absolute Gasteiger partial charge is 0.286 e. The molecule has 1 N–H and O–H groups in total. The molecule has 2 aromatic heterocycles. The third-order valence-corrected chi connectivity index (χ3v) is 10.9. The van der Waals surface area contributed by atoms with E-state index < -0.39 is 11.3 Å². The zero-order chi connectivity index (χ0) is 31.3. The van der Waals surface area contributed by atoms with Crippen LogP contribution in [0.15, 0.2) is 30.3 Å². The second-order valence-electron chi connectivity index (χ2n) is 11.8. The number of nitrogens with zero attached hydrogens (tertiary/aromatic N) is 5. The molecule has 1 amide bonds. The minimum atomic E-state index is -2.57. The number of aromatic nitrogens is 2. The van der Waals surface area contributed by atoms with Crippen molar-refractivity contribution >= 4 is 51.7 Å². The lowest BCUT2D eigenvalue weighted by atomic mass is 10.1. The summed E-state index contributed by atoms with van der Waals surface area (Å²) in [6.07, 6.45) is 10.7. The molecule has 2 saturated heterocycles. The van der Waals surface area contributed by atoms with Crippen LogP contribution in [0.1, 0.15) is 85.1 Å². The molecule has 1 aromatic carbocycles. The molecule has 3 fully saturated rings. The Morgan fingerprint density at radius 1 is 1.02 bits per heavy atom. The lowest BCUT2D eigenvalue weighted by Gasteiger charge is -2.38. The maximum atomic E-state index is 14.0. The van der Waals surface area contributed by atoms with Crippen LogP contribution in [0.25, 0.3) is 16.3 Å². The SMILES string of the molecule is O=C(NN1CCCCC1)c1nn(-c2ccc(Cl)cc2Cl)c(-c2ccc(C#CC3CCCC3)s2)c1CN(N1CCCCC1)S(=O)[O-]. The molecule has 3 aliphatic rings. The number of rotatable bonds is 8. The highest BCUT2D eigenvalue weighted by atomic mass is 35.5. The van der Waals surface area contributed by atoms with E-state index in [1.165, 1.54) is 28.6 Å². The Morgan fingerprint density at radius 3 is 2.42 bits per heavy atom. The maximum absolute atomic E-state index is 14.0. The van der Waals surface area contributed by atoms with Crippen molar-refractivity contribution in [2.75, 3.05) is 26.2 Å². The van der Waals surface area contributed by atoms with Gasteiger partial charge in [0, 0.05) is 53.9 Å². The Labute approximate surface area is 281 Å². The number of halogens is 2. The van der Waals surface area contributed by atoms with Crippen molar-refractivity contribution in [3.63, 3.8) is 0 Å². The van der Waals surface area contributed by atoms with E-state index in [9.17, 15) is 13.6 Å². The number of hydrazine groups is 2. The summed E-state index contributed by atoms with van der Waals surface area (Å²) in [6.45, 7) is 2.68. The average Bonchev–Trinajstić information content (AvgIpc) is 3.80. The molecule has 1 atom stereocenters. The summed E-state index contributed by atoms with van der Waals surface area (Å²) in [5, 5.41) is 9.46. The fourth-order valence-electron chi connectivity index (χ4n) is 6.32. The van der Waals surface area contributed by atoms with Gasteiger partial charge in [-0.15, -0.1) is 11.3 Å². The highest BCUT2D eigenvalue weighted by Gasteiger charge is 2.31. The molecule has 0 radical (unpaired) electrons. The summed E-state index contributed by atoms with van der Waals surface area (Å²) < 4.78 is 28.4. The van der Waals surface area contributed by atoms with Crippen molar-refractivity contribution in [1.29, 1.82) is 0 Å². The number of benzene rings is 1. The zero-order valence-corrected chi connectivity index (χ0v) is 28.2. The minimum absolute atomic E-state index is 0.0552. The van der Waals surface area contributed by atoms with E-state index in [2.05, 4.69) is 17.3 Å². The summed E-state index contributed by atoms with van der Waals surface area (Å²) >= 11 is 11.9. The van der Waals surface area contributed by atoms with Crippen LogP contribution in [0.5, 0.6) is 0 Å². The summed E-state index contributed by atoms with van der Waals surface area (Å²) in [4.78, 5) is 15.7. The number of hydrogen-bond acceptors (Lipinski definition) is 7. The van der Waals surface area contributed by atoms with Gasteiger partial charge >= 0.3 is 0 Å². The summed E-state index contributed by atoms with van der Waals surface area (Å²) in [5.41, 5.74) is 4.84. The van der Waals surface area contributed by atoms with Gasteiger partial charge in [-0.3, -0.25) is 14.4 Å². The van der Waals surface area contributed by atoms with E-state index >= 15 is 0 Å². The molecule has 4 heterocycles. The van der Waals surface area contributed by atoms with Crippen molar-refractivity contribution < 1.29 is 13.6 Å². The highest BCUT2D eigenvalue weighted by molar-refractivity contribution is 7.76. The minimum Gasteiger partial charge on any atom is -0.759 e. The molecular weight excluding hydrogens is 651 g/mol. The molecule has 45 heavy (non-hydrogen) atoms. The largest absolute Gasteiger partial charge is 0.759 e. The first-order valence-corrected chi connectivity index (χ1v) is 18.3. The second kappa shape index (κ2) is 15.1. The number of carbonyl (C=O) groups excluding carboxylic acids is 1. The topological polar surface area (TPSA) is 96.8 Å². The normalized spacial score (nSPS) is 19.0. The van der Waals surface area contributed by atoms with Crippen LogP contribution in [0.4, 0.5) is 0 Å². The Balaban J connectivity index is 1.48. The van der Waals surface area contributed by atoms with Crippen molar-refractivity contribution in [2.45, 2.75) is 70.8 Å². The molecule has 1 aliphatic carbocycles. The molecule has 1 saturated carbocycles. The van der Waals surface area contributed by atoms with Crippen molar-refractivity contribution in [3.05, 3.63) is 56.5 Å². The first-order chi connectivity index (χ1) is 21.9. The molecule has 9 nitrogen and oxygen atoms in total. The van der Waals surface area contributed by atoms with Gasteiger partial charge < -0.3 is 4.55 Å². The number of piperidine rings is 2. The number of amides is 1. The standard InChI is InChI=1S/C32H38Cl2N6O3S2/c33-24-12-15-28(27(34)21-24)40-31(29-16-14-25(44-29)13-11-23-9-3-4-10-23)26(22-39(45(42)43)38-19-7-2-8-20-38)30(35-40)32(41)36-37-17-5-1-6-18-37/h12,14-16,21,23H,1-10,17-20,22H2,(H,36,41)(H,42,43)/p-1. The predicted octanol–water partition coefficient (Wildman–Crippen LogP) is 6.58. The molecule has 13 heteroatoms. The van der Waals surface area contributed by atoms with Crippen LogP contribution in [-0.2, 0) is 17.8 Å². The van der Waals surface area contributed by atoms with Crippen LogP contribution >= 0.6 is 34.5 Å². The lowest BCUT2D eigenvalue weighted by Crippen LogP contribution is -2.47. The Morgan fingerprint density at radius 2 is 1.73 bits per heavy atom. The first-order valence-electron chi connectivity index (χ1n) is 15.7. The van der Waals surface area contributed by atoms with Crippen LogP contribution in [0, 0.1) is 17.8 Å². The van der Waals surface area contributed by atoms with Crippen molar-refractivity contribution in [2.24, 2.45) is 5.92 Å². The highest BCUT2D eigenvalue weighted by Crippen LogP contribution is 2.38. The van der Waals surface area contributed by atoms with Crippen LogP contribution in [-0.4, -0.2) is 65.1 Å². The zero-order valence-electron chi connectivity index (χ0n) is 25.1. The quantitative estimate of drug-likeness (QED) is 0.212. The summed E-state index contributed by atoms with van der Waals surface area (Å²) in [7, 11) is 0. The number of nitrogens with one attached hydrogen (secondary N) is 1. The van der Waals surface area contributed by atoms with Gasteiger partial charge in [0.05, 0.1) is 32.7 Å². The fourth-order valence-corrected chi connectivity index (χ4v) is 8.32. The molecule has 1 unspecified atom stereocenters. The van der Waals surface area contributed by atoms with Crippen LogP contribution in [0.3, 0.4) is 0 Å². The molecule has 2 aliphatic heterocycles. The van der Waals surface area contributed by atoms with E-state index in [1.54, 1.807) is 22.9 Å². The maximum Gasteiger partial charge on any atom is 0.286 e. The Kier molecular flexibility index (Phi) is 11.0.